The van der Waals surface area contributed by atoms with Crippen LogP contribution in [-0.4, -0.2) is 23.9 Å². The molecule has 0 bridgehead atoms. The molecule has 1 N–H and O–H groups in total. The molecule has 1 aromatic heterocycles. The first-order chi connectivity index (χ1) is 11.6. The normalized spacial score (nSPS) is 20.7. The first-order valence-corrected chi connectivity index (χ1v) is 9.05. The molecular formula is C18H18F2N2OS. The third-order valence-corrected chi connectivity index (χ3v) is 5.73. The number of hydrogen-bond acceptors (Lipinski definition) is 3. The molecule has 4 rings (SSSR count). The van der Waals surface area contributed by atoms with Gasteiger partial charge in [0.25, 0.3) is 0 Å². The Hall–Kier alpha value is -1.79. The molecule has 2 aromatic rings. The van der Waals surface area contributed by atoms with Crippen LogP contribution in [0.25, 0.3) is 0 Å². The standard InChI is InChI=1S/C18H18F2N2OS/c19-14-4-3-12(9-15(14)20)21-17(23)10-22-7-5-16-13(6-8-24-16)18(22)11-1-2-11/h3-4,6,8-9,11,18H,1-2,5,7,10H2,(H,21,23)/t18-/m0/s1. The Morgan fingerprint density at radius 1 is 1.25 bits per heavy atom. The van der Waals surface area contributed by atoms with Gasteiger partial charge in [0.05, 0.1) is 6.54 Å². The quantitative estimate of drug-likeness (QED) is 0.907. The molecule has 6 heteroatoms. The highest BCUT2D eigenvalue weighted by atomic mass is 32.1. The van der Waals surface area contributed by atoms with E-state index in [2.05, 4.69) is 21.7 Å². The number of rotatable bonds is 4. The first-order valence-electron chi connectivity index (χ1n) is 8.17. The fourth-order valence-electron chi connectivity index (χ4n) is 3.50. The fraction of sp³-hybridized carbons (Fsp3) is 0.389. The molecule has 1 atom stereocenters. The second-order valence-electron chi connectivity index (χ2n) is 6.48. The highest BCUT2D eigenvalue weighted by Gasteiger charge is 2.40. The van der Waals surface area contributed by atoms with Crippen LogP contribution in [0.15, 0.2) is 29.6 Å². The van der Waals surface area contributed by atoms with Crippen molar-refractivity contribution in [1.82, 2.24) is 4.90 Å². The summed E-state index contributed by atoms with van der Waals surface area (Å²) in [6.07, 6.45) is 3.39. The van der Waals surface area contributed by atoms with Crippen LogP contribution in [0.3, 0.4) is 0 Å². The van der Waals surface area contributed by atoms with Gasteiger partial charge in [-0.1, -0.05) is 0 Å². The van der Waals surface area contributed by atoms with Crippen LogP contribution >= 0.6 is 11.3 Å². The van der Waals surface area contributed by atoms with Gasteiger partial charge in [0.2, 0.25) is 5.91 Å². The van der Waals surface area contributed by atoms with Gasteiger partial charge in [0.1, 0.15) is 0 Å². The van der Waals surface area contributed by atoms with Crippen LogP contribution in [0.1, 0.15) is 29.3 Å². The summed E-state index contributed by atoms with van der Waals surface area (Å²) in [4.78, 5) is 16.0. The minimum Gasteiger partial charge on any atom is -0.325 e. The van der Waals surface area contributed by atoms with E-state index in [4.69, 9.17) is 0 Å². The summed E-state index contributed by atoms with van der Waals surface area (Å²) < 4.78 is 26.2. The van der Waals surface area contributed by atoms with E-state index in [-0.39, 0.29) is 18.1 Å². The summed E-state index contributed by atoms with van der Waals surface area (Å²) in [6, 6.07) is 5.91. The maximum absolute atomic E-state index is 13.3. The summed E-state index contributed by atoms with van der Waals surface area (Å²) in [5, 5.41) is 4.80. The Balaban J connectivity index is 1.46. The topological polar surface area (TPSA) is 32.3 Å². The van der Waals surface area contributed by atoms with E-state index in [9.17, 15) is 13.6 Å². The molecule has 3 nitrogen and oxygen atoms in total. The predicted octanol–water partition coefficient (Wildman–Crippen LogP) is 3.97. The molecule has 0 radical (unpaired) electrons. The molecule has 1 saturated carbocycles. The molecule has 2 aliphatic rings. The van der Waals surface area contributed by atoms with E-state index >= 15 is 0 Å². The molecule has 0 spiro atoms. The largest absolute Gasteiger partial charge is 0.325 e. The number of benzene rings is 1. The number of amides is 1. The minimum atomic E-state index is -0.954. The molecular weight excluding hydrogens is 330 g/mol. The Bertz CT molecular complexity index is 772. The van der Waals surface area contributed by atoms with Crippen molar-refractivity contribution >= 4 is 22.9 Å². The maximum atomic E-state index is 13.3. The molecule has 1 aliphatic heterocycles. The third kappa shape index (κ3) is 3.08. The van der Waals surface area contributed by atoms with Gasteiger partial charge in [-0.3, -0.25) is 9.69 Å². The number of nitrogens with one attached hydrogen (secondary N) is 1. The van der Waals surface area contributed by atoms with Gasteiger partial charge in [-0.05, 0) is 54.3 Å². The number of thiophene rings is 1. The Labute approximate surface area is 143 Å². The molecule has 1 amide bonds. The maximum Gasteiger partial charge on any atom is 0.238 e. The van der Waals surface area contributed by atoms with Crippen molar-refractivity contribution in [2.24, 2.45) is 5.92 Å². The zero-order valence-electron chi connectivity index (χ0n) is 13.1. The lowest BCUT2D eigenvalue weighted by molar-refractivity contribution is -0.118. The number of anilines is 1. The highest BCUT2D eigenvalue weighted by Crippen LogP contribution is 2.48. The van der Waals surface area contributed by atoms with Crippen LogP contribution in [0.2, 0.25) is 0 Å². The van der Waals surface area contributed by atoms with Gasteiger partial charge in [-0.2, -0.15) is 0 Å². The Kier molecular flexibility index (Phi) is 4.10. The van der Waals surface area contributed by atoms with E-state index in [1.54, 1.807) is 11.3 Å². The van der Waals surface area contributed by atoms with Gasteiger partial charge in [-0.15, -0.1) is 11.3 Å². The molecule has 0 unspecified atom stereocenters. The molecule has 1 fully saturated rings. The zero-order chi connectivity index (χ0) is 16.7. The average molecular weight is 348 g/mol. The van der Waals surface area contributed by atoms with Crippen molar-refractivity contribution in [2.45, 2.75) is 25.3 Å². The number of carbonyl (C=O) groups excluding carboxylic acids is 1. The monoisotopic (exact) mass is 348 g/mol. The van der Waals surface area contributed by atoms with Gasteiger partial charge in [0.15, 0.2) is 11.6 Å². The number of fused-ring (bicyclic) bond motifs is 1. The molecule has 1 aliphatic carbocycles. The SMILES string of the molecule is O=C(CN1CCc2sccc2[C@@H]1C1CC1)Nc1ccc(F)c(F)c1. The molecule has 2 heterocycles. The van der Waals surface area contributed by atoms with Crippen LogP contribution in [-0.2, 0) is 11.2 Å². The predicted molar refractivity (Wildman–Crippen MR) is 90.0 cm³/mol. The lowest BCUT2D eigenvalue weighted by Crippen LogP contribution is -2.41. The van der Waals surface area contributed by atoms with E-state index in [1.807, 2.05) is 0 Å². The number of nitrogens with zero attached hydrogens (tertiary/aromatic N) is 1. The van der Waals surface area contributed by atoms with E-state index in [1.165, 1.54) is 29.3 Å². The molecule has 24 heavy (non-hydrogen) atoms. The van der Waals surface area contributed by atoms with E-state index in [0.29, 0.717) is 12.0 Å². The zero-order valence-corrected chi connectivity index (χ0v) is 13.9. The fourth-order valence-corrected chi connectivity index (χ4v) is 4.41. The van der Waals surface area contributed by atoms with E-state index < -0.39 is 11.6 Å². The summed E-state index contributed by atoms with van der Waals surface area (Å²) in [5.41, 5.74) is 1.66. The molecule has 126 valence electrons. The number of halogens is 2. The van der Waals surface area contributed by atoms with Gasteiger partial charge >= 0.3 is 0 Å². The van der Waals surface area contributed by atoms with Crippen LogP contribution in [0, 0.1) is 17.6 Å². The lowest BCUT2D eigenvalue weighted by Gasteiger charge is -2.35. The number of hydrogen-bond donors (Lipinski definition) is 1. The van der Waals surface area contributed by atoms with Crippen molar-refractivity contribution in [2.75, 3.05) is 18.4 Å². The van der Waals surface area contributed by atoms with Gasteiger partial charge in [-0.25, -0.2) is 8.78 Å². The van der Waals surface area contributed by atoms with Crippen molar-refractivity contribution in [3.05, 3.63) is 51.7 Å². The third-order valence-electron chi connectivity index (χ3n) is 4.74. The van der Waals surface area contributed by atoms with E-state index in [0.717, 1.165) is 25.1 Å². The summed E-state index contributed by atoms with van der Waals surface area (Å²) in [6.45, 7) is 1.13. The number of carbonyl (C=O) groups is 1. The minimum absolute atomic E-state index is 0.190. The van der Waals surface area contributed by atoms with Crippen molar-refractivity contribution in [1.29, 1.82) is 0 Å². The summed E-state index contributed by atoms with van der Waals surface area (Å²) in [7, 11) is 0. The summed E-state index contributed by atoms with van der Waals surface area (Å²) in [5.74, 6) is -1.42. The van der Waals surface area contributed by atoms with Gasteiger partial charge in [0, 0.05) is 29.2 Å². The van der Waals surface area contributed by atoms with Crippen LogP contribution in [0.4, 0.5) is 14.5 Å². The second kappa shape index (κ2) is 6.26. The average Bonchev–Trinajstić information content (AvgIpc) is 3.27. The summed E-state index contributed by atoms with van der Waals surface area (Å²) >= 11 is 1.80. The van der Waals surface area contributed by atoms with Crippen molar-refractivity contribution < 1.29 is 13.6 Å². The Morgan fingerprint density at radius 3 is 2.83 bits per heavy atom. The highest BCUT2D eigenvalue weighted by molar-refractivity contribution is 7.10. The van der Waals surface area contributed by atoms with Crippen LogP contribution in [0.5, 0.6) is 0 Å². The molecule has 1 aromatic carbocycles. The van der Waals surface area contributed by atoms with Crippen LogP contribution < -0.4 is 5.32 Å². The second-order valence-corrected chi connectivity index (χ2v) is 7.48. The molecule has 0 saturated heterocycles. The smallest absolute Gasteiger partial charge is 0.238 e. The first kappa shape index (κ1) is 15.7. The van der Waals surface area contributed by atoms with Crippen molar-refractivity contribution in [3.63, 3.8) is 0 Å². The van der Waals surface area contributed by atoms with Crippen molar-refractivity contribution in [3.8, 4) is 0 Å². The van der Waals surface area contributed by atoms with Gasteiger partial charge < -0.3 is 5.32 Å². The Morgan fingerprint density at radius 2 is 2.08 bits per heavy atom. The lowest BCUT2D eigenvalue weighted by atomic mass is 9.96.